The number of methoxy groups -OCH3 is 1. The molecule has 1 aliphatic rings. The van der Waals surface area contributed by atoms with Crippen molar-refractivity contribution in [2.24, 2.45) is 4.99 Å². The zero-order valence-corrected chi connectivity index (χ0v) is 15.9. The van der Waals surface area contributed by atoms with Gasteiger partial charge in [-0.3, -0.25) is 9.79 Å². The Morgan fingerprint density at radius 1 is 1.39 bits per heavy atom. The van der Waals surface area contributed by atoms with Crippen molar-refractivity contribution >= 4 is 41.5 Å². The normalized spacial score (nSPS) is 16.9. The summed E-state index contributed by atoms with van der Waals surface area (Å²) in [5.41, 5.74) is 2.05. The highest BCUT2D eigenvalue weighted by molar-refractivity contribution is 14.0. The summed E-state index contributed by atoms with van der Waals surface area (Å²) in [6.07, 6.45) is 0.470. The van der Waals surface area contributed by atoms with Crippen molar-refractivity contribution in [3.63, 3.8) is 0 Å². The van der Waals surface area contributed by atoms with Crippen LogP contribution in [-0.4, -0.2) is 45.2 Å². The van der Waals surface area contributed by atoms with Crippen LogP contribution in [0.2, 0.25) is 0 Å². The number of rotatable bonds is 6. The van der Waals surface area contributed by atoms with Crippen LogP contribution < -0.4 is 16.0 Å². The van der Waals surface area contributed by atoms with Crippen LogP contribution in [0, 0.1) is 0 Å². The number of amides is 1. The summed E-state index contributed by atoms with van der Waals surface area (Å²) in [5.74, 6) is 0.919. The second kappa shape index (κ2) is 10.4. The topological polar surface area (TPSA) is 74.8 Å². The van der Waals surface area contributed by atoms with Gasteiger partial charge >= 0.3 is 0 Å². The minimum absolute atomic E-state index is 0. The van der Waals surface area contributed by atoms with Gasteiger partial charge in [-0.2, -0.15) is 0 Å². The van der Waals surface area contributed by atoms with Crippen molar-refractivity contribution in [1.29, 1.82) is 0 Å². The van der Waals surface area contributed by atoms with Crippen LogP contribution in [0.3, 0.4) is 0 Å². The van der Waals surface area contributed by atoms with E-state index in [1.807, 2.05) is 25.1 Å². The minimum atomic E-state index is 0. The Bertz CT molecular complexity index is 537. The standard InChI is InChI=1S/C16H24N4O2.HI/c1-3-17-16(18-8-9-22-2)19-11-12-10-15(21)20-14-7-5-4-6-13(12)14;/h4-7,12H,3,8-11H2,1-2H3,(H,20,21)(H2,17,18,19);1H. The van der Waals surface area contributed by atoms with Gasteiger partial charge in [0.25, 0.3) is 0 Å². The average Bonchev–Trinajstić information content (AvgIpc) is 2.52. The third-order valence-electron chi connectivity index (χ3n) is 3.52. The number of aliphatic imine (C=N–C) groups is 1. The first-order valence-electron chi connectivity index (χ1n) is 7.64. The molecule has 0 saturated heterocycles. The summed E-state index contributed by atoms with van der Waals surface area (Å²) in [4.78, 5) is 16.4. The molecule has 1 aromatic rings. The van der Waals surface area contributed by atoms with Gasteiger partial charge in [-0.25, -0.2) is 0 Å². The number of carbonyl (C=O) groups excluding carboxylic acids is 1. The van der Waals surface area contributed by atoms with E-state index in [9.17, 15) is 4.79 Å². The van der Waals surface area contributed by atoms with Gasteiger partial charge in [0.05, 0.1) is 13.2 Å². The van der Waals surface area contributed by atoms with Gasteiger partial charge in [-0.15, -0.1) is 24.0 Å². The second-order valence-corrected chi connectivity index (χ2v) is 5.18. The van der Waals surface area contributed by atoms with Crippen molar-refractivity contribution in [2.75, 3.05) is 38.7 Å². The Balaban J connectivity index is 0.00000264. The fraction of sp³-hybridized carbons (Fsp3) is 0.500. The molecule has 7 heteroatoms. The molecule has 0 aromatic heterocycles. The molecule has 1 amide bonds. The third-order valence-corrected chi connectivity index (χ3v) is 3.52. The van der Waals surface area contributed by atoms with Gasteiger partial charge in [-0.1, -0.05) is 18.2 Å². The maximum atomic E-state index is 11.8. The summed E-state index contributed by atoms with van der Waals surface area (Å²) in [6, 6.07) is 7.92. The number of nitrogens with one attached hydrogen (secondary N) is 3. The van der Waals surface area contributed by atoms with E-state index in [0.29, 0.717) is 26.1 Å². The number of benzene rings is 1. The predicted molar refractivity (Wildman–Crippen MR) is 104 cm³/mol. The Morgan fingerprint density at radius 2 is 2.17 bits per heavy atom. The van der Waals surface area contributed by atoms with Gasteiger partial charge in [0.2, 0.25) is 5.91 Å². The number of anilines is 1. The number of para-hydroxylation sites is 1. The van der Waals surface area contributed by atoms with Crippen molar-refractivity contribution in [2.45, 2.75) is 19.3 Å². The van der Waals surface area contributed by atoms with Crippen LogP contribution in [-0.2, 0) is 9.53 Å². The fourth-order valence-corrected chi connectivity index (χ4v) is 2.48. The summed E-state index contributed by atoms with van der Waals surface area (Å²) < 4.78 is 5.03. The molecule has 1 atom stereocenters. The zero-order valence-electron chi connectivity index (χ0n) is 13.6. The number of halogens is 1. The number of fused-ring (bicyclic) bond motifs is 1. The lowest BCUT2D eigenvalue weighted by atomic mass is 9.91. The van der Waals surface area contributed by atoms with E-state index in [2.05, 4.69) is 27.0 Å². The van der Waals surface area contributed by atoms with E-state index < -0.39 is 0 Å². The lowest BCUT2D eigenvalue weighted by Gasteiger charge is -2.24. The van der Waals surface area contributed by atoms with Crippen molar-refractivity contribution < 1.29 is 9.53 Å². The summed E-state index contributed by atoms with van der Waals surface area (Å²) >= 11 is 0. The van der Waals surface area contributed by atoms with Gasteiger partial charge < -0.3 is 20.7 Å². The minimum Gasteiger partial charge on any atom is -0.383 e. The Labute approximate surface area is 154 Å². The average molecular weight is 432 g/mol. The number of hydrogen-bond donors (Lipinski definition) is 3. The number of carbonyl (C=O) groups is 1. The molecule has 1 aromatic carbocycles. The highest BCUT2D eigenvalue weighted by Gasteiger charge is 2.24. The fourth-order valence-electron chi connectivity index (χ4n) is 2.48. The smallest absolute Gasteiger partial charge is 0.225 e. The first-order valence-corrected chi connectivity index (χ1v) is 7.64. The third kappa shape index (κ3) is 5.98. The van der Waals surface area contributed by atoms with E-state index in [1.165, 1.54) is 0 Å². The highest BCUT2D eigenvalue weighted by atomic mass is 127. The van der Waals surface area contributed by atoms with Gasteiger partial charge in [-0.05, 0) is 18.6 Å². The maximum absolute atomic E-state index is 11.8. The molecule has 0 bridgehead atoms. The quantitative estimate of drug-likeness (QED) is 0.278. The van der Waals surface area contributed by atoms with Crippen LogP contribution in [0.15, 0.2) is 29.3 Å². The summed E-state index contributed by atoms with van der Waals surface area (Å²) in [6.45, 7) is 4.72. The van der Waals surface area contributed by atoms with Crippen LogP contribution in [0.5, 0.6) is 0 Å². The Kier molecular flexibility index (Phi) is 8.93. The largest absolute Gasteiger partial charge is 0.383 e. The summed E-state index contributed by atoms with van der Waals surface area (Å²) in [7, 11) is 1.67. The van der Waals surface area contributed by atoms with Gasteiger partial charge in [0.15, 0.2) is 5.96 Å². The van der Waals surface area contributed by atoms with E-state index >= 15 is 0 Å². The first kappa shape index (κ1) is 19.7. The highest BCUT2D eigenvalue weighted by Crippen LogP contribution is 2.31. The molecule has 2 rings (SSSR count). The molecule has 1 heterocycles. The van der Waals surface area contributed by atoms with Crippen LogP contribution in [0.25, 0.3) is 0 Å². The predicted octanol–water partition coefficient (Wildman–Crippen LogP) is 1.93. The SMILES string of the molecule is CCNC(=NCC1CC(=O)Nc2ccccc21)NCCOC.I. The molecule has 0 saturated carbocycles. The molecule has 1 aliphatic heterocycles. The molecular weight excluding hydrogens is 407 g/mol. The molecule has 3 N–H and O–H groups in total. The molecule has 23 heavy (non-hydrogen) atoms. The second-order valence-electron chi connectivity index (χ2n) is 5.18. The number of nitrogens with zero attached hydrogens (tertiary/aromatic N) is 1. The molecule has 0 fully saturated rings. The molecule has 0 aliphatic carbocycles. The van der Waals surface area contributed by atoms with E-state index in [1.54, 1.807) is 7.11 Å². The maximum Gasteiger partial charge on any atom is 0.225 e. The van der Waals surface area contributed by atoms with Gasteiger partial charge in [0, 0.05) is 38.2 Å². The summed E-state index contributed by atoms with van der Waals surface area (Å²) in [5, 5.41) is 9.32. The van der Waals surface area contributed by atoms with Gasteiger partial charge in [0.1, 0.15) is 0 Å². The number of hydrogen-bond acceptors (Lipinski definition) is 3. The van der Waals surface area contributed by atoms with E-state index in [4.69, 9.17) is 4.74 Å². The van der Waals surface area contributed by atoms with Crippen molar-refractivity contribution in [3.8, 4) is 0 Å². The zero-order chi connectivity index (χ0) is 15.8. The van der Waals surface area contributed by atoms with Crippen LogP contribution >= 0.6 is 24.0 Å². The van der Waals surface area contributed by atoms with Crippen molar-refractivity contribution in [3.05, 3.63) is 29.8 Å². The van der Waals surface area contributed by atoms with E-state index in [0.717, 1.165) is 23.8 Å². The molecule has 0 radical (unpaired) electrons. The lowest BCUT2D eigenvalue weighted by Crippen LogP contribution is -2.39. The molecule has 0 spiro atoms. The van der Waals surface area contributed by atoms with Crippen molar-refractivity contribution in [1.82, 2.24) is 10.6 Å². The van der Waals surface area contributed by atoms with Crippen LogP contribution in [0.1, 0.15) is 24.8 Å². The number of ether oxygens (including phenoxy) is 1. The molecule has 6 nitrogen and oxygen atoms in total. The number of guanidine groups is 1. The first-order chi connectivity index (χ1) is 10.7. The monoisotopic (exact) mass is 432 g/mol. The van der Waals surface area contributed by atoms with E-state index in [-0.39, 0.29) is 35.8 Å². The Hall–Kier alpha value is -1.35. The van der Waals surface area contributed by atoms with Crippen LogP contribution in [0.4, 0.5) is 5.69 Å². The lowest BCUT2D eigenvalue weighted by molar-refractivity contribution is -0.116. The molecule has 128 valence electrons. The molecular formula is C16H25IN4O2. The Morgan fingerprint density at radius 3 is 2.91 bits per heavy atom. The molecule has 1 unspecified atom stereocenters.